The predicted octanol–water partition coefficient (Wildman–Crippen LogP) is 1.59. The van der Waals surface area contributed by atoms with Gasteiger partial charge in [-0.25, -0.2) is 13.2 Å². The predicted molar refractivity (Wildman–Crippen MR) is 83.9 cm³/mol. The molecule has 1 amide bonds. The van der Waals surface area contributed by atoms with Gasteiger partial charge in [0.25, 0.3) is 15.9 Å². The van der Waals surface area contributed by atoms with Gasteiger partial charge in [0.2, 0.25) is 0 Å². The third-order valence-electron chi connectivity index (χ3n) is 3.19. The number of aryl methyl sites for hydroxylation is 1. The number of para-hydroxylation sites is 1. The fraction of sp³-hybridized carbons (Fsp3) is 0.0667. The Hall–Kier alpha value is -2.87. The summed E-state index contributed by atoms with van der Waals surface area (Å²) < 4.78 is 27.1. The number of anilines is 1. The van der Waals surface area contributed by atoms with Crippen molar-refractivity contribution in [1.29, 1.82) is 0 Å². The van der Waals surface area contributed by atoms with Crippen LogP contribution in [0.1, 0.15) is 26.3 Å². The molecule has 0 fully saturated rings. The summed E-state index contributed by atoms with van der Waals surface area (Å²) in [5, 5.41) is 9.09. The zero-order valence-corrected chi connectivity index (χ0v) is 12.9. The van der Waals surface area contributed by atoms with Gasteiger partial charge in [0.05, 0.1) is 21.7 Å². The molecule has 0 bridgehead atoms. The molecule has 120 valence electrons. The van der Waals surface area contributed by atoms with Crippen LogP contribution >= 0.6 is 0 Å². The van der Waals surface area contributed by atoms with Gasteiger partial charge in [-0.05, 0) is 36.8 Å². The van der Waals surface area contributed by atoms with Gasteiger partial charge in [0, 0.05) is 0 Å². The van der Waals surface area contributed by atoms with Crippen LogP contribution in [-0.4, -0.2) is 25.4 Å². The van der Waals surface area contributed by atoms with E-state index in [4.69, 9.17) is 10.8 Å². The lowest BCUT2D eigenvalue weighted by atomic mass is 10.1. The van der Waals surface area contributed by atoms with Crippen LogP contribution in [0.5, 0.6) is 0 Å². The molecule has 0 aliphatic heterocycles. The second kappa shape index (κ2) is 6.09. The van der Waals surface area contributed by atoms with Crippen molar-refractivity contribution in [3.8, 4) is 0 Å². The van der Waals surface area contributed by atoms with Crippen LogP contribution in [0.4, 0.5) is 5.69 Å². The first-order valence-corrected chi connectivity index (χ1v) is 7.96. The van der Waals surface area contributed by atoms with Crippen LogP contribution in [0.25, 0.3) is 0 Å². The van der Waals surface area contributed by atoms with Crippen molar-refractivity contribution in [2.75, 3.05) is 4.72 Å². The van der Waals surface area contributed by atoms with Crippen molar-refractivity contribution in [3.63, 3.8) is 0 Å². The number of sulfonamides is 1. The van der Waals surface area contributed by atoms with Gasteiger partial charge in [-0.3, -0.25) is 9.52 Å². The molecule has 0 unspecified atom stereocenters. The van der Waals surface area contributed by atoms with E-state index in [-0.39, 0.29) is 21.7 Å². The van der Waals surface area contributed by atoms with E-state index in [1.54, 1.807) is 19.1 Å². The molecule has 0 atom stereocenters. The molecule has 7 nitrogen and oxygen atoms in total. The van der Waals surface area contributed by atoms with Crippen molar-refractivity contribution in [2.45, 2.75) is 11.8 Å². The highest BCUT2D eigenvalue weighted by Crippen LogP contribution is 2.21. The maximum absolute atomic E-state index is 12.4. The zero-order valence-electron chi connectivity index (χ0n) is 12.1. The van der Waals surface area contributed by atoms with Crippen molar-refractivity contribution >= 4 is 27.6 Å². The number of carbonyl (C=O) groups excluding carboxylic acids is 1. The van der Waals surface area contributed by atoms with Crippen LogP contribution in [0.2, 0.25) is 0 Å². The smallest absolute Gasteiger partial charge is 0.335 e. The minimum atomic E-state index is -4.06. The topological polar surface area (TPSA) is 127 Å². The number of nitrogens with two attached hydrogens (primary N) is 1. The van der Waals surface area contributed by atoms with E-state index in [1.807, 2.05) is 0 Å². The highest BCUT2D eigenvalue weighted by molar-refractivity contribution is 7.92. The molecule has 0 aliphatic rings. The highest BCUT2D eigenvalue weighted by atomic mass is 32.2. The Bertz CT molecular complexity index is 890. The van der Waals surface area contributed by atoms with E-state index in [0.29, 0.717) is 5.56 Å². The molecule has 2 aromatic rings. The van der Waals surface area contributed by atoms with Gasteiger partial charge in [-0.15, -0.1) is 0 Å². The van der Waals surface area contributed by atoms with Crippen LogP contribution in [0, 0.1) is 6.92 Å². The molecule has 0 aromatic heterocycles. The number of primary amides is 1. The Morgan fingerprint density at radius 3 is 2.35 bits per heavy atom. The number of aromatic carboxylic acids is 1. The number of benzene rings is 2. The summed E-state index contributed by atoms with van der Waals surface area (Å²) in [6, 6.07) is 9.62. The standard InChI is InChI=1S/C15H14N2O5S/c1-9-6-7-10(8-12(9)15(19)20)23(21,22)17-13-5-3-2-4-11(13)14(16)18/h2-8,17H,1H3,(H2,16,18)(H,19,20). The SMILES string of the molecule is Cc1ccc(S(=O)(=O)Nc2ccccc2C(N)=O)cc1C(=O)O. The van der Waals surface area contributed by atoms with E-state index in [9.17, 15) is 18.0 Å². The Morgan fingerprint density at radius 2 is 1.74 bits per heavy atom. The highest BCUT2D eigenvalue weighted by Gasteiger charge is 2.20. The quantitative estimate of drug-likeness (QED) is 0.765. The molecule has 0 saturated heterocycles. The Kier molecular flexibility index (Phi) is 4.37. The number of rotatable bonds is 5. The lowest BCUT2D eigenvalue weighted by Crippen LogP contribution is -2.19. The number of carboxylic acids is 1. The normalized spacial score (nSPS) is 11.0. The largest absolute Gasteiger partial charge is 0.478 e. The number of hydrogen-bond donors (Lipinski definition) is 3. The lowest BCUT2D eigenvalue weighted by molar-refractivity contribution is 0.0695. The number of amides is 1. The molecule has 23 heavy (non-hydrogen) atoms. The molecule has 2 rings (SSSR count). The summed E-state index contributed by atoms with van der Waals surface area (Å²) in [6.07, 6.45) is 0. The van der Waals surface area contributed by atoms with Gasteiger partial charge < -0.3 is 10.8 Å². The Balaban J connectivity index is 2.47. The average Bonchev–Trinajstić information content (AvgIpc) is 2.47. The number of carboxylic acid groups (broad SMARTS) is 1. The van der Waals surface area contributed by atoms with E-state index in [0.717, 1.165) is 6.07 Å². The number of nitrogens with one attached hydrogen (secondary N) is 1. The number of carbonyl (C=O) groups is 2. The van der Waals surface area contributed by atoms with E-state index in [1.165, 1.54) is 24.3 Å². The third kappa shape index (κ3) is 3.49. The third-order valence-corrected chi connectivity index (χ3v) is 4.55. The monoisotopic (exact) mass is 334 g/mol. The summed E-state index contributed by atoms with van der Waals surface area (Å²) >= 11 is 0. The maximum Gasteiger partial charge on any atom is 0.335 e. The zero-order chi connectivity index (χ0) is 17.2. The molecule has 0 saturated carbocycles. The summed E-state index contributed by atoms with van der Waals surface area (Å²) in [4.78, 5) is 22.2. The molecular formula is C15H14N2O5S. The van der Waals surface area contributed by atoms with Gasteiger partial charge in [-0.2, -0.15) is 0 Å². The first-order valence-electron chi connectivity index (χ1n) is 6.48. The van der Waals surface area contributed by atoms with Crippen molar-refractivity contribution in [3.05, 3.63) is 59.2 Å². The fourth-order valence-corrected chi connectivity index (χ4v) is 3.09. The maximum atomic E-state index is 12.4. The van der Waals surface area contributed by atoms with Crippen LogP contribution in [-0.2, 0) is 10.0 Å². The second-order valence-corrected chi connectivity index (χ2v) is 6.48. The molecule has 2 aromatic carbocycles. The Morgan fingerprint density at radius 1 is 1.09 bits per heavy atom. The Labute approximate surface area is 132 Å². The second-order valence-electron chi connectivity index (χ2n) is 4.80. The summed E-state index contributed by atoms with van der Waals surface area (Å²) in [5.74, 6) is -2.00. The van der Waals surface area contributed by atoms with Crippen molar-refractivity contribution in [1.82, 2.24) is 0 Å². The molecule has 8 heteroatoms. The molecule has 0 spiro atoms. The minimum absolute atomic E-state index is 0.0154. The van der Waals surface area contributed by atoms with Gasteiger partial charge in [0.1, 0.15) is 0 Å². The summed E-state index contributed by atoms with van der Waals surface area (Å²) in [5.41, 5.74) is 5.57. The fourth-order valence-electron chi connectivity index (χ4n) is 1.99. The molecule has 0 radical (unpaired) electrons. The first-order chi connectivity index (χ1) is 10.7. The van der Waals surface area contributed by atoms with E-state index >= 15 is 0 Å². The van der Waals surface area contributed by atoms with Gasteiger partial charge in [-0.1, -0.05) is 18.2 Å². The van der Waals surface area contributed by atoms with Crippen LogP contribution < -0.4 is 10.5 Å². The van der Waals surface area contributed by atoms with Gasteiger partial charge >= 0.3 is 5.97 Å². The average molecular weight is 334 g/mol. The lowest BCUT2D eigenvalue weighted by Gasteiger charge is -2.12. The number of hydrogen-bond acceptors (Lipinski definition) is 4. The van der Waals surface area contributed by atoms with Crippen LogP contribution in [0.3, 0.4) is 0 Å². The van der Waals surface area contributed by atoms with E-state index in [2.05, 4.69) is 4.72 Å². The molecule has 4 N–H and O–H groups in total. The van der Waals surface area contributed by atoms with Crippen molar-refractivity contribution < 1.29 is 23.1 Å². The van der Waals surface area contributed by atoms with Crippen molar-refractivity contribution in [2.24, 2.45) is 5.73 Å². The van der Waals surface area contributed by atoms with Crippen LogP contribution in [0.15, 0.2) is 47.4 Å². The molecule has 0 heterocycles. The minimum Gasteiger partial charge on any atom is -0.478 e. The summed E-state index contributed by atoms with van der Waals surface area (Å²) in [6.45, 7) is 1.57. The first kappa shape index (κ1) is 16.5. The molecule has 0 aliphatic carbocycles. The van der Waals surface area contributed by atoms with Gasteiger partial charge in [0.15, 0.2) is 0 Å². The van der Waals surface area contributed by atoms with E-state index < -0.39 is 21.9 Å². The summed E-state index contributed by atoms with van der Waals surface area (Å²) in [7, 11) is -4.06. The molecular weight excluding hydrogens is 320 g/mol.